The molecule has 8 nitrogen and oxygen atoms in total. The minimum atomic E-state index is -0.744. The molecule has 0 saturated heterocycles. The van der Waals surface area contributed by atoms with Crippen LogP contribution in [-0.4, -0.2) is 28.3 Å². The molecule has 1 amide bonds. The average Bonchev–Trinajstić information content (AvgIpc) is 3.20. The summed E-state index contributed by atoms with van der Waals surface area (Å²) in [5, 5.41) is 16.9. The Morgan fingerprint density at radius 3 is 2.70 bits per heavy atom. The number of amides is 1. The molecule has 0 bridgehead atoms. The Morgan fingerprint density at radius 2 is 2.00 bits per heavy atom. The fourth-order valence-electron chi connectivity index (χ4n) is 3.00. The zero-order valence-electron chi connectivity index (χ0n) is 18.1. The number of nitriles is 1. The number of benzene rings is 1. The predicted molar refractivity (Wildman–Crippen MR) is 124 cm³/mol. The van der Waals surface area contributed by atoms with Crippen molar-refractivity contribution in [2.24, 2.45) is 0 Å². The Labute approximate surface area is 200 Å². The maximum Gasteiger partial charge on any atom is 0.331 e. The van der Waals surface area contributed by atoms with E-state index in [0.717, 1.165) is 11.6 Å². The van der Waals surface area contributed by atoms with E-state index in [1.54, 1.807) is 31.5 Å². The molecule has 10 heteroatoms. The first-order chi connectivity index (χ1) is 15.7. The summed E-state index contributed by atoms with van der Waals surface area (Å²) in [6, 6.07) is 9.33. The number of nitrogens with one attached hydrogen (secondary N) is 1. The predicted octanol–water partition coefficient (Wildman–Crippen LogP) is 4.82. The minimum absolute atomic E-state index is 0.0254. The summed E-state index contributed by atoms with van der Waals surface area (Å²) < 4.78 is 11.9. The molecule has 0 aliphatic rings. The van der Waals surface area contributed by atoms with E-state index in [4.69, 9.17) is 32.4 Å². The molecule has 0 radical (unpaired) electrons. The molecule has 0 saturated carbocycles. The number of halogens is 2. The average molecular weight is 487 g/mol. The molecule has 0 unspecified atom stereocenters. The summed E-state index contributed by atoms with van der Waals surface area (Å²) in [6.45, 7) is 4.97. The van der Waals surface area contributed by atoms with Gasteiger partial charge in [0, 0.05) is 22.2 Å². The van der Waals surface area contributed by atoms with Crippen LogP contribution >= 0.6 is 23.2 Å². The standard InChI is InChI=1S/C23H20Cl2N4O4/c1-13-15(3)33-23(18(13)10-26)27-20(30)12-32-21(31)9-8-17-14(2)28-29(22(17)25)11-16-6-4-5-7-19(16)24/h4-9H,11-12H2,1-3H3,(H,27,30)/b9-8+. The molecule has 1 N–H and O–H groups in total. The quantitative estimate of drug-likeness (QED) is 0.378. The molecule has 1 aromatic carbocycles. The molecule has 2 aromatic heterocycles. The van der Waals surface area contributed by atoms with Crippen LogP contribution in [0.2, 0.25) is 10.2 Å². The van der Waals surface area contributed by atoms with Crippen LogP contribution in [0.5, 0.6) is 0 Å². The van der Waals surface area contributed by atoms with E-state index in [0.29, 0.717) is 39.3 Å². The van der Waals surface area contributed by atoms with Crippen molar-refractivity contribution in [3.05, 3.63) is 74.2 Å². The summed E-state index contributed by atoms with van der Waals surface area (Å²) >= 11 is 12.6. The molecule has 3 rings (SSSR count). The van der Waals surface area contributed by atoms with Gasteiger partial charge in [0.25, 0.3) is 5.91 Å². The van der Waals surface area contributed by atoms with E-state index in [-0.39, 0.29) is 11.4 Å². The third-order valence-corrected chi connectivity index (χ3v) is 5.64. The molecular weight excluding hydrogens is 467 g/mol. The van der Waals surface area contributed by atoms with Gasteiger partial charge in [-0.25, -0.2) is 9.48 Å². The first-order valence-electron chi connectivity index (χ1n) is 9.82. The highest BCUT2D eigenvalue weighted by atomic mass is 35.5. The lowest BCUT2D eigenvalue weighted by Gasteiger charge is -2.05. The number of hydrogen-bond donors (Lipinski definition) is 1. The molecule has 0 aliphatic carbocycles. The molecule has 170 valence electrons. The lowest BCUT2D eigenvalue weighted by atomic mass is 10.2. The minimum Gasteiger partial charge on any atom is -0.452 e. The van der Waals surface area contributed by atoms with Gasteiger partial charge in [-0.1, -0.05) is 41.4 Å². The second-order valence-corrected chi connectivity index (χ2v) is 7.89. The Balaban J connectivity index is 1.60. The van der Waals surface area contributed by atoms with E-state index in [2.05, 4.69) is 10.4 Å². The van der Waals surface area contributed by atoms with Gasteiger partial charge >= 0.3 is 5.97 Å². The molecule has 3 aromatic rings. The Hall–Kier alpha value is -3.54. The van der Waals surface area contributed by atoms with Crippen molar-refractivity contribution >= 4 is 47.0 Å². The molecule has 0 atom stereocenters. The van der Waals surface area contributed by atoms with Crippen molar-refractivity contribution in [1.29, 1.82) is 5.26 Å². The van der Waals surface area contributed by atoms with E-state index < -0.39 is 18.5 Å². The first kappa shape index (κ1) is 24.1. The number of hydrogen-bond acceptors (Lipinski definition) is 6. The Morgan fingerprint density at radius 1 is 1.27 bits per heavy atom. The Kier molecular flexibility index (Phi) is 7.59. The highest BCUT2D eigenvalue weighted by molar-refractivity contribution is 6.32. The normalized spacial score (nSPS) is 10.9. The number of carbonyl (C=O) groups is 2. The third kappa shape index (κ3) is 5.64. The van der Waals surface area contributed by atoms with Gasteiger partial charge in [-0.3, -0.25) is 10.1 Å². The molecule has 2 heterocycles. The number of ether oxygens (including phenoxy) is 1. The SMILES string of the molecule is Cc1nn(Cc2ccccc2Cl)c(Cl)c1/C=C/C(=O)OCC(=O)Nc1oc(C)c(C)c1C#N. The monoisotopic (exact) mass is 486 g/mol. The number of esters is 1. The summed E-state index contributed by atoms with van der Waals surface area (Å²) in [4.78, 5) is 24.1. The first-order valence-corrected chi connectivity index (χ1v) is 10.6. The molecular formula is C23H20Cl2N4O4. The molecule has 0 aliphatic heterocycles. The van der Waals surface area contributed by atoms with Crippen molar-refractivity contribution in [2.75, 3.05) is 11.9 Å². The van der Waals surface area contributed by atoms with E-state index in [9.17, 15) is 14.9 Å². The Bertz CT molecular complexity index is 1280. The van der Waals surface area contributed by atoms with Crippen molar-refractivity contribution in [1.82, 2.24) is 9.78 Å². The highest BCUT2D eigenvalue weighted by Gasteiger charge is 2.17. The van der Waals surface area contributed by atoms with Gasteiger partial charge in [-0.05, 0) is 38.5 Å². The van der Waals surface area contributed by atoms with Crippen molar-refractivity contribution in [3.63, 3.8) is 0 Å². The lowest BCUT2D eigenvalue weighted by molar-refractivity contribution is -0.142. The fraction of sp³-hybridized carbons (Fsp3) is 0.217. The van der Waals surface area contributed by atoms with Crippen molar-refractivity contribution in [2.45, 2.75) is 27.3 Å². The smallest absolute Gasteiger partial charge is 0.331 e. The topological polar surface area (TPSA) is 110 Å². The largest absolute Gasteiger partial charge is 0.452 e. The number of carbonyl (C=O) groups excluding carboxylic acids is 2. The maximum absolute atomic E-state index is 12.1. The van der Waals surface area contributed by atoms with Crippen molar-refractivity contribution in [3.8, 4) is 6.07 Å². The van der Waals surface area contributed by atoms with E-state index in [1.165, 1.54) is 6.08 Å². The maximum atomic E-state index is 12.1. The van der Waals surface area contributed by atoms with Gasteiger partial charge < -0.3 is 9.15 Å². The number of furan rings is 1. The fourth-order valence-corrected chi connectivity index (χ4v) is 3.49. The number of aromatic nitrogens is 2. The van der Waals surface area contributed by atoms with Gasteiger partial charge in [0.2, 0.25) is 5.88 Å². The number of aryl methyl sites for hydroxylation is 2. The van der Waals surface area contributed by atoms with E-state index >= 15 is 0 Å². The van der Waals surface area contributed by atoms with E-state index in [1.807, 2.05) is 24.3 Å². The number of nitrogens with zero attached hydrogens (tertiary/aromatic N) is 3. The summed E-state index contributed by atoms with van der Waals surface area (Å²) in [6.07, 6.45) is 2.63. The van der Waals surface area contributed by atoms with Crippen molar-refractivity contribution < 1.29 is 18.7 Å². The zero-order valence-corrected chi connectivity index (χ0v) is 19.6. The van der Waals surface area contributed by atoms with Crippen LogP contribution < -0.4 is 5.32 Å². The second-order valence-electron chi connectivity index (χ2n) is 7.13. The summed E-state index contributed by atoms with van der Waals surface area (Å²) in [5.41, 5.74) is 2.87. The number of rotatable bonds is 7. The molecule has 33 heavy (non-hydrogen) atoms. The van der Waals surface area contributed by atoms with Crippen LogP contribution in [0.3, 0.4) is 0 Å². The van der Waals surface area contributed by atoms with Gasteiger partial charge in [0.15, 0.2) is 6.61 Å². The van der Waals surface area contributed by atoms with Crippen LogP contribution in [0.1, 0.15) is 33.7 Å². The van der Waals surface area contributed by atoms with Gasteiger partial charge in [-0.15, -0.1) is 0 Å². The summed E-state index contributed by atoms with van der Waals surface area (Å²) in [7, 11) is 0. The van der Waals surface area contributed by atoms with Crippen LogP contribution in [0.4, 0.5) is 5.88 Å². The summed E-state index contributed by atoms with van der Waals surface area (Å²) in [5.74, 6) is -0.836. The third-order valence-electron chi connectivity index (χ3n) is 4.87. The lowest BCUT2D eigenvalue weighted by Crippen LogP contribution is -2.20. The van der Waals surface area contributed by atoms with Crippen LogP contribution in [0.25, 0.3) is 6.08 Å². The van der Waals surface area contributed by atoms with Crippen LogP contribution in [0.15, 0.2) is 34.8 Å². The highest BCUT2D eigenvalue weighted by Crippen LogP contribution is 2.26. The number of anilines is 1. The van der Waals surface area contributed by atoms with Gasteiger partial charge in [0.05, 0.1) is 12.2 Å². The van der Waals surface area contributed by atoms with Crippen LogP contribution in [-0.2, 0) is 20.9 Å². The molecule has 0 spiro atoms. The zero-order chi connectivity index (χ0) is 24.1. The van der Waals surface area contributed by atoms with Crippen LogP contribution in [0, 0.1) is 32.1 Å². The van der Waals surface area contributed by atoms with Gasteiger partial charge in [-0.2, -0.15) is 10.4 Å². The van der Waals surface area contributed by atoms with Gasteiger partial charge in [0.1, 0.15) is 22.5 Å². The molecule has 0 fully saturated rings. The second kappa shape index (κ2) is 10.4.